The van der Waals surface area contributed by atoms with Crippen molar-refractivity contribution in [2.75, 3.05) is 7.11 Å². The van der Waals surface area contributed by atoms with Crippen LogP contribution in [0.15, 0.2) is 24.3 Å². The van der Waals surface area contributed by atoms with Crippen molar-refractivity contribution in [3.8, 4) is 0 Å². The molecule has 0 saturated carbocycles. The molecule has 0 unspecified atom stereocenters. The number of esters is 1. The van der Waals surface area contributed by atoms with Gasteiger partial charge in [-0.2, -0.15) is 0 Å². The molecule has 2 heteroatoms. The Morgan fingerprint density at radius 1 is 1.50 bits per heavy atom. The molecule has 0 saturated heterocycles. The number of hydrogen-bond donors (Lipinski definition) is 0. The second kappa shape index (κ2) is 4.80. The quantitative estimate of drug-likeness (QED) is 0.688. The van der Waals surface area contributed by atoms with Crippen molar-refractivity contribution in [1.29, 1.82) is 0 Å². The lowest BCUT2D eigenvalue weighted by Gasteiger charge is -2.10. The highest BCUT2D eigenvalue weighted by Gasteiger charge is 2.10. The van der Waals surface area contributed by atoms with Gasteiger partial charge in [0.25, 0.3) is 0 Å². The molecule has 0 aliphatic rings. The SMILES string of the molecule is COC(=O)C[C@@H](C)c1cccc(C)c1. The van der Waals surface area contributed by atoms with Crippen LogP contribution in [0.3, 0.4) is 0 Å². The van der Waals surface area contributed by atoms with Gasteiger partial charge in [-0.3, -0.25) is 4.79 Å². The van der Waals surface area contributed by atoms with E-state index in [-0.39, 0.29) is 11.9 Å². The van der Waals surface area contributed by atoms with Gasteiger partial charge in [-0.15, -0.1) is 0 Å². The number of hydrogen-bond acceptors (Lipinski definition) is 2. The summed E-state index contributed by atoms with van der Waals surface area (Å²) >= 11 is 0. The first-order valence-electron chi connectivity index (χ1n) is 4.77. The maximum atomic E-state index is 11.1. The standard InChI is InChI=1S/C12H16O2/c1-9-5-4-6-11(7-9)10(2)8-12(13)14-3/h4-7,10H,8H2,1-3H3/t10-/m1/s1. The molecule has 2 nitrogen and oxygen atoms in total. The fourth-order valence-corrected chi connectivity index (χ4v) is 1.43. The molecule has 0 bridgehead atoms. The van der Waals surface area contributed by atoms with E-state index in [2.05, 4.69) is 10.8 Å². The minimum Gasteiger partial charge on any atom is -0.469 e. The van der Waals surface area contributed by atoms with Crippen molar-refractivity contribution < 1.29 is 9.53 Å². The Hall–Kier alpha value is -1.31. The van der Waals surface area contributed by atoms with Gasteiger partial charge in [-0.25, -0.2) is 0 Å². The maximum absolute atomic E-state index is 11.1. The van der Waals surface area contributed by atoms with E-state index in [0.717, 1.165) is 0 Å². The van der Waals surface area contributed by atoms with Crippen LogP contribution < -0.4 is 0 Å². The van der Waals surface area contributed by atoms with Crippen molar-refractivity contribution in [3.05, 3.63) is 35.4 Å². The number of methoxy groups -OCH3 is 1. The number of rotatable bonds is 3. The molecule has 1 atom stereocenters. The third-order valence-electron chi connectivity index (χ3n) is 2.31. The molecule has 1 rings (SSSR count). The van der Waals surface area contributed by atoms with Crippen molar-refractivity contribution >= 4 is 5.97 Å². The van der Waals surface area contributed by atoms with Gasteiger partial charge in [-0.1, -0.05) is 36.8 Å². The number of carbonyl (C=O) groups excluding carboxylic acids is 1. The Morgan fingerprint density at radius 2 is 2.21 bits per heavy atom. The Kier molecular flexibility index (Phi) is 3.69. The summed E-state index contributed by atoms with van der Waals surface area (Å²) < 4.78 is 4.63. The van der Waals surface area contributed by atoms with Crippen LogP contribution in [0, 0.1) is 6.92 Å². The van der Waals surface area contributed by atoms with Gasteiger partial charge >= 0.3 is 5.97 Å². The molecule has 0 aliphatic heterocycles. The zero-order chi connectivity index (χ0) is 10.6. The first-order valence-corrected chi connectivity index (χ1v) is 4.77. The fraction of sp³-hybridized carbons (Fsp3) is 0.417. The number of aryl methyl sites for hydroxylation is 1. The van der Waals surface area contributed by atoms with E-state index in [1.165, 1.54) is 18.2 Å². The number of benzene rings is 1. The minimum atomic E-state index is -0.154. The summed E-state index contributed by atoms with van der Waals surface area (Å²) in [5.41, 5.74) is 2.41. The summed E-state index contributed by atoms with van der Waals surface area (Å²) in [5, 5.41) is 0. The first-order chi connectivity index (χ1) is 6.63. The van der Waals surface area contributed by atoms with E-state index in [0.29, 0.717) is 6.42 Å². The molecule has 1 aromatic carbocycles. The second-order valence-corrected chi connectivity index (χ2v) is 3.60. The highest BCUT2D eigenvalue weighted by Crippen LogP contribution is 2.19. The van der Waals surface area contributed by atoms with E-state index < -0.39 is 0 Å². The third kappa shape index (κ3) is 2.87. The minimum absolute atomic E-state index is 0.154. The summed E-state index contributed by atoms with van der Waals surface area (Å²) in [5.74, 6) is 0.0707. The van der Waals surface area contributed by atoms with E-state index in [1.807, 2.05) is 32.0 Å². The number of carbonyl (C=O) groups is 1. The Bertz CT molecular complexity index is 318. The molecule has 0 fully saturated rings. The zero-order valence-electron chi connectivity index (χ0n) is 8.91. The summed E-state index contributed by atoms with van der Waals surface area (Å²) in [4.78, 5) is 11.1. The van der Waals surface area contributed by atoms with Crippen LogP contribution in [0.5, 0.6) is 0 Å². The molecule has 0 amide bonds. The van der Waals surface area contributed by atoms with Crippen molar-refractivity contribution in [1.82, 2.24) is 0 Å². The van der Waals surface area contributed by atoms with Crippen LogP contribution in [0.4, 0.5) is 0 Å². The topological polar surface area (TPSA) is 26.3 Å². The fourth-order valence-electron chi connectivity index (χ4n) is 1.43. The number of ether oxygens (including phenoxy) is 1. The summed E-state index contributed by atoms with van der Waals surface area (Å²) in [6.45, 7) is 4.08. The smallest absolute Gasteiger partial charge is 0.306 e. The second-order valence-electron chi connectivity index (χ2n) is 3.60. The molecule has 76 valence electrons. The van der Waals surface area contributed by atoms with Gasteiger partial charge in [-0.05, 0) is 18.4 Å². The summed E-state index contributed by atoms with van der Waals surface area (Å²) in [7, 11) is 1.42. The lowest BCUT2D eigenvalue weighted by molar-refractivity contribution is -0.140. The highest BCUT2D eigenvalue weighted by molar-refractivity contribution is 5.70. The predicted molar refractivity (Wildman–Crippen MR) is 56.2 cm³/mol. The van der Waals surface area contributed by atoms with Crippen molar-refractivity contribution in [3.63, 3.8) is 0 Å². The Morgan fingerprint density at radius 3 is 2.79 bits per heavy atom. The average Bonchev–Trinajstić information content (AvgIpc) is 2.17. The first kappa shape index (κ1) is 10.8. The maximum Gasteiger partial charge on any atom is 0.306 e. The molecule has 0 spiro atoms. The molecule has 1 aromatic rings. The van der Waals surface area contributed by atoms with Crippen LogP contribution in [0.25, 0.3) is 0 Å². The molecular weight excluding hydrogens is 176 g/mol. The largest absolute Gasteiger partial charge is 0.469 e. The Labute approximate surface area is 84.9 Å². The molecular formula is C12H16O2. The van der Waals surface area contributed by atoms with Crippen LogP contribution in [0.1, 0.15) is 30.4 Å². The van der Waals surface area contributed by atoms with Crippen molar-refractivity contribution in [2.45, 2.75) is 26.2 Å². The van der Waals surface area contributed by atoms with Gasteiger partial charge < -0.3 is 4.74 Å². The van der Waals surface area contributed by atoms with E-state index in [9.17, 15) is 4.79 Å². The van der Waals surface area contributed by atoms with Gasteiger partial charge in [0.05, 0.1) is 13.5 Å². The van der Waals surface area contributed by atoms with Crippen LogP contribution in [-0.2, 0) is 9.53 Å². The van der Waals surface area contributed by atoms with Gasteiger partial charge in [0.15, 0.2) is 0 Å². The molecule has 0 radical (unpaired) electrons. The van der Waals surface area contributed by atoms with Crippen LogP contribution in [0.2, 0.25) is 0 Å². The average molecular weight is 192 g/mol. The van der Waals surface area contributed by atoms with Crippen LogP contribution in [-0.4, -0.2) is 13.1 Å². The molecule has 0 aliphatic carbocycles. The van der Waals surface area contributed by atoms with E-state index in [1.54, 1.807) is 0 Å². The Balaban J connectivity index is 2.69. The third-order valence-corrected chi connectivity index (χ3v) is 2.31. The molecule has 0 N–H and O–H groups in total. The van der Waals surface area contributed by atoms with E-state index in [4.69, 9.17) is 0 Å². The molecule has 0 heterocycles. The summed E-state index contributed by atoms with van der Waals surface area (Å²) in [6, 6.07) is 8.21. The predicted octanol–water partition coefficient (Wildman–Crippen LogP) is 2.66. The van der Waals surface area contributed by atoms with Gasteiger partial charge in [0.1, 0.15) is 0 Å². The highest BCUT2D eigenvalue weighted by atomic mass is 16.5. The summed E-state index contributed by atoms with van der Waals surface area (Å²) in [6.07, 6.45) is 0.444. The normalized spacial score (nSPS) is 12.2. The van der Waals surface area contributed by atoms with Gasteiger partial charge in [0, 0.05) is 0 Å². The van der Waals surface area contributed by atoms with Crippen LogP contribution >= 0.6 is 0 Å². The zero-order valence-corrected chi connectivity index (χ0v) is 8.91. The van der Waals surface area contributed by atoms with E-state index >= 15 is 0 Å². The monoisotopic (exact) mass is 192 g/mol. The lowest BCUT2D eigenvalue weighted by Crippen LogP contribution is -2.05. The molecule has 14 heavy (non-hydrogen) atoms. The van der Waals surface area contributed by atoms with Crippen molar-refractivity contribution in [2.24, 2.45) is 0 Å². The molecule has 0 aromatic heterocycles. The van der Waals surface area contributed by atoms with Gasteiger partial charge in [0.2, 0.25) is 0 Å². The lowest BCUT2D eigenvalue weighted by atomic mass is 9.96.